The van der Waals surface area contributed by atoms with Crippen molar-refractivity contribution < 1.29 is 5.11 Å². The molecule has 2 heteroatoms. The Morgan fingerprint density at radius 3 is 2.71 bits per heavy atom. The minimum absolute atomic E-state index is 0.273. The van der Waals surface area contributed by atoms with Gasteiger partial charge in [0.05, 0.1) is 0 Å². The molecule has 2 nitrogen and oxygen atoms in total. The van der Waals surface area contributed by atoms with Gasteiger partial charge in [-0.15, -0.1) is 0 Å². The minimum atomic E-state index is 0.273. The molecule has 0 aliphatic rings. The van der Waals surface area contributed by atoms with Crippen LogP contribution >= 0.6 is 0 Å². The third-order valence-electron chi connectivity index (χ3n) is 1.75. The Kier molecular flexibility index (Phi) is 9.33. The van der Waals surface area contributed by atoms with Crippen molar-refractivity contribution in [1.82, 2.24) is 5.32 Å². The molecule has 0 aliphatic heterocycles. The lowest BCUT2D eigenvalue weighted by Crippen LogP contribution is -2.00. The molecule has 0 amide bonds. The molecular formula is C12H21NO. The van der Waals surface area contributed by atoms with Crippen LogP contribution in [-0.4, -0.2) is 18.3 Å². The summed E-state index contributed by atoms with van der Waals surface area (Å²) in [6.07, 6.45) is 11.8. The van der Waals surface area contributed by atoms with Crippen LogP contribution in [0.2, 0.25) is 0 Å². The Morgan fingerprint density at radius 1 is 1.29 bits per heavy atom. The highest BCUT2D eigenvalue weighted by Crippen LogP contribution is 2.02. The van der Waals surface area contributed by atoms with Gasteiger partial charge in [-0.2, -0.15) is 0 Å². The number of aliphatic hydroxyl groups is 1. The van der Waals surface area contributed by atoms with E-state index in [9.17, 15) is 0 Å². The van der Waals surface area contributed by atoms with Gasteiger partial charge < -0.3 is 10.4 Å². The summed E-state index contributed by atoms with van der Waals surface area (Å²) in [6, 6.07) is 0. The number of aliphatic hydroxyl groups excluding tert-OH is 1. The van der Waals surface area contributed by atoms with Crippen molar-refractivity contribution in [2.24, 2.45) is 0 Å². The third kappa shape index (κ3) is 9.07. The Labute approximate surface area is 87.0 Å². The van der Waals surface area contributed by atoms with Gasteiger partial charge in [0, 0.05) is 13.2 Å². The summed E-state index contributed by atoms with van der Waals surface area (Å²) in [5.74, 6) is 0. The molecule has 0 atom stereocenters. The first kappa shape index (κ1) is 13.0. The molecule has 0 aromatic heterocycles. The zero-order chi connectivity index (χ0) is 10.6. The van der Waals surface area contributed by atoms with Gasteiger partial charge in [-0.3, -0.25) is 0 Å². The SMILES string of the molecule is CCN/C=C/C=C\C=C(/C)CCCO. The van der Waals surface area contributed by atoms with Crippen molar-refractivity contribution in [3.63, 3.8) is 0 Å². The second-order valence-electron chi connectivity index (χ2n) is 3.14. The molecule has 0 aliphatic carbocycles. The monoisotopic (exact) mass is 195 g/mol. The molecule has 0 unspecified atom stereocenters. The summed E-state index contributed by atoms with van der Waals surface area (Å²) in [6.45, 7) is 5.37. The van der Waals surface area contributed by atoms with Gasteiger partial charge >= 0.3 is 0 Å². The molecule has 0 bridgehead atoms. The van der Waals surface area contributed by atoms with E-state index < -0.39 is 0 Å². The second-order valence-corrected chi connectivity index (χ2v) is 3.14. The molecule has 80 valence electrons. The largest absolute Gasteiger partial charge is 0.396 e. The van der Waals surface area contributed by atoms with E-state index in [1.54, 1.807) is 0 Å². The van der Waals surface area contributed by atoms with E-state index in [0.717, 1.165) is 19.4 Å². The lowest BCUT2D eigenvalue weighted by molar-refractivity contribution is 0.288. The molecule has 0 radical (unpaired) electrons. The zero-order valence-corrected chi connectivity index (χ0v) is 9.16. The van der Waals surface area contributed by atoms with Crippen molar-refractivity contribution in [3.8, 4) is 0 Å². The van der Waals surface area contributed by atoms with Crippen molar-refractivity contribution in [2.75, 3.05) is 13.2 Å². The number of hydrogen-bond donors (Lipinski definition) is 2. The average molecular weight is 195 g/mol. The molecule has 0 fully saturated rings. The summed E-state index contributed by atoms with van der Waals surface area (Å²) in [5.41, 5.74) is 1.30. The summed E-state index contributed by atoms with van der Waals surface area (Å²) in [7, 11) is 0. The van der Waals surface area contributed by atoms with Crippen molar-refractivity contribution in [3.05, 3.63) is 36.1 Å². The summed E-state index contributed by atoms with van der Waals surface area (Å²) < 4.78 is 0. The maximum atomic E-state index is 8.62. The fourth-order valence-electron chi connectivity index (χ4n) is 0.967. The molecule has 0 saturated carbocycles. The molecule has 0 spiro atoms. The first-order valence-corrected chi connectivity index (χ1v) is 5.14. The van der Waals surface area contributed by atoms with Crippen LogP contribution in [0.25, 0.3) is 0 Å². The van der Waals surface area contributed by atoms with Crippen LogP contribution in [0.3, 0.4) is 0 Å². The molecule has 0 rings (SSSR count). The molecule has 0 aromatic carbocycles. The molecule has 2 N–H and O–H groups in total. The molecular weight excluding hydrogens is 174 g/mol. The Morgan fingerprint density at radius 2 is 2.07 bits per heavy atom. The van der Waals surface area contributed by atoms with Gasteiger partial charge in [0.2, 0.25) is 0 Å². The first-order valence-electron chi connectivity index (χ1n) is 5.14. The van der Waals surface area contributed by atoms with Crippen LogP contribution in [0.1, 0.15) is 26.7 Å². The Bertz CT molecular complexity index is 204. The fraction of sp³-hybridized carbons (Fsp3) is 0.500. The molecule has 0 saturated heterocycles. The molecule has 0 heterocycles. The van der Waals surface area contributed by atoms with Crippen LogP contribution in [0.4, 0.5) is 0 Å². The van der Waals surface area contributed by atoms with Gasteiger partial charge in [-0.25, -0.2) is 0 Å². The van der Waals surface area contributed by atoms with Crippen LogP contribution < -0.4 is 5.32 Å². The molecule has 14 heavy (non-hydrogen) atoms. The maximum absolute atomic E-state index is 8.62. The highest BCUT2D eigenvalue weighted by molar-refractivity contribution is 5.15. The van der Waals surface area contributed by atoms with Crippen molar-refractivity contribution in [2.45, 2.75) is 26.7 Å². The smallest absolute Gasteiger partial charge is 0.0434 e. The average Bonchev–Trinajstić information content (AvgIpc) is 2.20. The Balaban J connectivity index is 3.66. The van der Waals surface area contributed by atoms with Crippen molar-refractivity contribution >= 4 is 0 Å². The van der Waals surface area contributed by atoms with Crippen LogP contribution in [0.5, 0.6) is 0 Å². The lowest BCUT2D eigenvalue weighted by atomic mass is 10.1. The number of allylic oxidation sites excluding steroid dienone is 5. The topological polar surface area (TPSA) is 32.3 Å². The lowest BCUT2D eigenvalue weighted by Gasteiger charge is -1.95. The maximum Gasteiger partial charge on any atom is 0.0434 e. The van der Waals surface area contributed by atoms with Crippen LogP contribution in [0, 0.1) is 0 Å². The number of rotatable bonds is 7. The van der Waals surface area contributed by atoms with Gasteiger partial charge in [0.25, 0.3) is 0 Å². The third-order valence-corrected chi connectivity index (χ3v) is 1.75. The molecule has 0 aromatic rings. The zero-order valence-electron chi connectivity index (χ0n) is 9.16. The minimum Gasteiger partial charge on any atom is -0.396 e. The van der Waals surface area contributed by atoms with E-state index in [-0.39, 0.29) is 6.61 Å². The predicted molar refractivity (Wildman–Crippen MR) is 62.0 cm³/mol. The quantitative estimate of drug-likeness (QED) is 0.611. The summed E-state index contributed by atoms with van der Waals surface area (Å²) in [5, 5.41) is 11.7. The second kappa shape index (κ2) is 10.1. The van der Waals surface area contributed by atoms with Gasteiger partial charge in [-0.05, 0) is 39.0 Å². The van der Waals surface area contributed by atoms with Gasteiger partial charge in [-0.1, -0.05) is 23.8 Å². The van der Waals surface area contributed by atoms with Crippen LogP contribution in [0.15, 0.2) is 36.1 Å². The number of hydrogen-bond acceptors (Lipinski definition) is 2. The fourth-order valence-corrected chi connectivity index (χ4v) is 0.967. The summed E-state index contributed by atoms with van der Waals surface area (Å²) in [4.78, 5) is 0. The first-order chi connectivity index (χ1) is 6.81. The normalized spacial score (nSPS) is 12.9. The van der Waals surface area contributed by atoms with E-state index in [1.165, 1.54) is 5.57 Å². The van der Waals surface area contributed by atoms with Crippen molar-refractivity contribution in [1.29, 1.82) is 0 Å². The highest BCUT2D eigenvalue weighted by atomic mass is 16.2. The van der Waals surface area contributed by atoms with E-state index in [2.05, 4.69) is 25.2 Å². The van der Waals surface area contributed by atoms with E-state index in [4.69, 9.17) is 5.11 Å². The summed E-state index contributed by atoms with van der Waals surface area (Å²) >= 11 is 0. The standard InChI is InChI=1S/C12H21NO/c1-3-13-10-6-4-5-8-12(2)9-7-11-14/h4-6,8,10,13-14H,3,7,9,11H2,1-2H3/b5-4-,10-6+,12-8+. The van der Waals surface area contributed by atoms with Gasteiger partial charge in [0.1, 0.15) is 0 Å². The van der Waals surface area contributed by atoms with Gasteiger partial charge in [0.15, 0.2) is 0 Å². The van der Waals surface area contributed by atoms with E-state index in [1.807, 2.05) is 24.4 Å². The van der Waals surface area contributed by atoms with E-state index in [0.29, 0.717) is 0 Å². The number of nitrogens with one attached hydrogen (secondary N) is 1. The van der Waals surface area contributed by atoms with E-state index >= 15 is 0 Å². The van der Waals surface area contributed by atoms with Crippen LogP contribution in [-0.2, 0) is 0 Å². The predicted octanol–water partition coefficient (Wildman–Crippen LogP) is 2.38. The highest BCUT2D eigenvalue weighted by Gasteiger charge is 1.86. The Hall–Kier alpha value is -1.02.